The molecule has 0 amide bonds. The zero-order chi connectivity index (χ0) is 13.8. The van der Waals surface area contributed by atoms with E-state index in [-0.39, 0.29) is 17.8 Å². The lowest BCUT2D eigenvalue weighted by Gasteiger charge is -2.20. The van der Waals surface area contributed by atoms with E-state index in [1.807, 2.05) is 0 Å². The Balaban J connectivity index is 1.53. The molecule has 0 spiro atoms. The minimum atomic E-state index is -0.366. The number of hydrogen-bond acceptors (Lipinski definition) is 5. The Bertz CT molecular complexity index is 446. The summed E-state index contributed by atoms with van der Waals surface area (Å²) >= 11 is 0. The largest absolute Gasteiger partial charge is 0.456 e. The van der Waals surface area contributed by atoms with Gasteiger partial charge < -0.3 is 14.6 Å². The van der Waals surface area contributed by atoms with Gasteiger partial charge in [-0.15, -0.1) is 0 Å². The zero-order valence-corrected chi connectivity index (χ0v) is 11.8. The van der Waals surface area contributed by atoms with Gasteiger partial charge in [0, 0.05) is 18.5 Å². The molecule has 0 unspecified atom stereocenters. The Morgan fingerprint density at radius 1 is 1.30 bits per heavy atom. The van der Waals surface area contributed by atoms with E-state index in [9.17, 15) is 4.79 Å². The van der Waals surface area contributed by atoms with Crippen molar-refractivity contribution < 1.29 is 14.1 Å². The van der Waals surface area contributed by atoms with Crippen LogP contribution in [-0.2, 0) is 11.2 Å². The molecule has 2 heterocycles. The van der Waals surface area contributed by atoms with Crippen LogP contribution < -0.4 is 5.32 Å². The van der Waals surface area contributed by atoms with Gasteiger partial charge in [-0.25, -0.2) is 4.79 Å². The van der Waals surface area contributed by atoms with E-state index in [1.165, 1.54) is 12.8 Å². The number of nitrogens with zero attached hydrogens (tertiary/aromatic N) is 1. The molecule has 1 aromatic heterocycles. The third-order valence-electron chi connectivity index (χ3n) is 4.20. The third kappa shape index (κ3) is 3.39. The maximum Gasteiger partial charge on any atom is 0.377 e. The molecule has 0 bridgehead atoms. The van der Waals surface area contributed by atoms with E-state index in [4.69, 9.17) is 9.26 Å². The van der Waals surface area contributed by atoms with E-state index in [0.29, 0.717) is 6.04 Å². The van der Waals surface area contributed by atoms with Crippen LogP contribution in [0.4, 0.5) is 0 Å². The van der Waals surface area contributed by atoms with Crippen LogP contribution in [0.3, 0.4) is 0 Å². The Hall–Kier alpha value is -1.36. The summed E-state index contributed by atoms with van der Waals surface area (Å²) in [4.78, 5) is 12.0. The quantitative estimate of drug-likeness (QED) is 0.857. The summed E-state index contributed by atoms with van der Waals surface area (Å²) in [5.74, 6) is -0.126. The molecule has 1 N–H and O–H groups in total. The molecule has 1 aromatic rings. The fourth-order valence-corrected chi connectivity index (χ4v) is 3.08. The zero-order valence-electron chi connectivity index (χ0n) is 11.8. The molecule has 1 atom stereocenters. The number of hydrogen-bond donors (Lipinski definition) is 1. The number of carbonyl (C=O) groups excluding carboxylic acids is 1. The molecule has 20 heavy (non-hydrogen) atoms. The van der Waals surface area contributed by atoms with Crippen molar-refractivity contribution in [3.05, 3.63) is 17.5 Å². The summed E-state index contributed by atoms with van der Waals surface area (Å²) in [6.07, 6.45) is 8.72. The Kier molecular flexibility index (Phi) is 4.35. The molecule has 1 aliphatic carbocycles. The van der Waals surface area contributed by atoms with Crippen molar-refractivity contribution in [2.75, 3.05) is 6.54 Å². The number of rotatable bonds is 4. The van der Waals surface area contributed by atoms with E-state index in [0.717, 1.165) is 50.8 Å². The fourth-order valence-electron chi connectivity index (χ4n) is 3.08. The van der Waals surface area contributed by atoms with Crippen molar-refractivity contribution in [3.8, 4) is 0 Å². The summed E-state index contributed by atoms with van der Waals surface area (Å²) in [6, 6.07) is 2.19. The molecular formula is C15H22N2O3. The molecule has 1 aliphatic heterocycles. The molecule has 110 valence electrons. The first kappa shape index (κ1) is 13.6. The number of aromatic nitrogens is 1. The number of nitrogens with one attached hydrogen (secondary N) is 1. The molecule has 0 radical (unpaired) electrons. The van der Waals surface area contributed by atoms with Crippen molar-refractivity contribution in [2.24, 2.45) is 0 Å². The van der Waals surface area contributed by atoms with Gasteiger partial charge in [0.25, 0.3) is 0 Å². The van der Waals surface area contributed by atoms with Gasteiger partial charge in [0.1, 0.15) is 6.10 Å². The predicted molar refractivity (Wildman–Crippen MR) is 73.5 cm³/mol. The van der Waals surface area contributed by atoms with Gasteiger partial charge in [-0.05, 0) is 45.1 Å². The van der Waals surface area contributed by atoms with E-state index < -0.39 is 0 Å². The van der Waals surface area contributed by atoms with Gasteiger partial charge in [-0.2, -0.15) is 0 Å². The summed E-state index contributed by atoms with van der Waals surface area (Å²) in [5.41, 5.74) is 0.833. The second-order valence-electron chi connectivity index (χ2n) is 5.85. The topological polar surface area (TPSA) is 64.4 Å². The Morgan fingerprint density at radius 3 is 2.90 bits per heavy atom. The molecule has 2 aliphatic rings. The SMILES string of the molecule is O=C(OC1CCCCC1)c1cc(C[C@@H]2CCCN2)no1. The normalized spacial score (nSPS) is 23.9. The van der Waals surface area contributed by atoms with E-state index in [1.54, 1.807) is 6.07 Å². The van der Waals surface area contributed by atoms with Crippen molar-refractivity contribution >= 4 is 5.97 Å². The summed E-state index contributed by atoms with van der Waals surface area (Å²) in [6.45, 7) is 1.07. The predicted octanol–water partition coefficient (Wildman–Crippen LogP) is 2.46. The lowest BCUT2D eigenvalue weighted by atomic mass is 9.98. The van der Waals surface area contributed by atoms with Gasteiger partial charge in [0.05, 0.1) is 5.69 Å². The lowest BCUT2D eigenvalue weighted by Crippen LogP contribution is -2.23. The minimum Gasteiger partial charge on any atom is -0.456 e. The first-order valence-corrected chi connectivity index (χ1v) is 7.71. The second kappa shape index (κ2) is 6.39. The average molecular weight is 278 g/mol. The molecule has 1 saturated carbocycles. The molecule has 0 aromatic carbocycles. The van der Waals surface area contributed by atoms with Crippen LogP contribution in [0.2, 0.25) is 0 Å². The summed E-state index contributed by atoms with van der Waals surface area (Å²) in [7, 11) is 0. The number of ether oxygens (including phenoxy) is 1. The van der Waals surface area contributed by atoms with E-state index in [2.05, 4.69) is 10.5 Å². The van der Waals surface area contributed by atoms with Gasteiger partial charge in [0.2, 0.25) is 5.76 Å². The summed E-state index contributed by atoms with van der Waals surface area (Å²) < 4.78 is 10.6. The standard InChI is InChI=1S/C15H22N2O3/c18-15(19-13-6-2-1-3-7-13)14-10-12(17-20-14)9-11-5-4-8-16-11/h10-11,13,16H,1-9H2/t11-/m0/s1. The van der Waals surface area contributed by atoms with Crippen LogP contribution >= 0.6 is 0 Å². The smallest absolute Gasteiger partial charge is 0.377 e. The van der Waals surface area contributed by atoms with Crippen LogP contribution in [0, 0.1) is 0 Å². The number of esters is 1. The highest BCUT2D eigenvalue weighted by Crippen LogP contribution is 2.22. The third-order valence-corrected chi connectivity index (χ3v) is 4.20. The van der Waals surface area contributed by atoms with E-state index >= 15 is 0 Å². The monoisotopic (exact) mass is 278 g/mol. The van der Waals surface area contributed by atoms with Crippen molar-refractivity contribution in [3.63, 3.8) is 0 Å². The molecule has 3 rings (SSSR count). The summed E-state index contributed by atoms with van der Waals surface area (Å²) in [5, 5.41) is 7.39. The van der Waals surface area contributed by atoms with Crippen LogP contribution in [0.1, 0.15) is 61.2 Å². The molecule has 1 saturated heterocycles. The van der Waals surface area contributed by atoms with Crippen LogP contribution in [-0.4, -0.2) is 29.8 Å². The molecular weight excluding hydrogens is 256 g/mol. The maximum absolute atomic E-state index is 12.0. The molecule has 5 heteroatoms. The van der Waals surface area contributed by atoms with Crippen molar-refractivity contribution in [1.29, 1.82) is 0 Å². The van der Waals surface area contributed by atoms with Gasteiger partial charge in [0.15, 0.2) is 0 Å². The Morgan fingerprint density at radius 2 is 2.15 bits per heavy atom. The lowest BCUT2D eigenvalue weighted by molar-refractivity contribution is 0.0168. The maximum atomic E-state index is 12.0. The first-order chi connectivity index (χ1) is 9.81. The highest BCUT2D eigenvalue weighted by Gasteiger charge is 2.23. The average Bonchev–Trinajstić information content (AvgIpc) is 3.12. The molecule has 5 nitrogen and oxygen atoms in total. The number of carbonyl (C=O) groups is 1. The van der Waals surface area contributed by atoms with Crippen LogP contribution in [0.25, 0.3) is 0 Å². The fraction of sp³-hybridized carbons (Fsp3) is 0.733. The van der Waals surface area contributed by atoms with Gasteiger partial charge >= 0.3 is 5.97 Å². The Labute approximate surface area is 119 Å². The second-order valence-corrected chi connectivity index (χ2v) is 5.85. The van der Waals surface area contributed by atoms with Gasteiger partial charge in [-0.3, -0.25) is 0 Å². The highest BCUT2D eigenvalue weighted by molar-refractivity contribution is 5.86. The molecule has 2 fully saturated rings. The van der Waals surface area contributed by atoms with Crippen LogP contribution in [0.15, 0.2) is 10.6 Å². The highest BCUT2D eigenvalue weighted by atomic mass is 16.6. The van der Waals surface area contributed by atoms with Gasteiger partial charge in [-0.1, -0.05) is 11.6 Å². The minimum absolute atomic E-state index is 0.0568. The first-order valence-electron chi connectivity index (χ1n) is 7.71. The van der Waals surface area contributed by atoms with Crippen molar-refractivity contribution in [1.82, 2.24) is 10.5 Å². The van der Waals surface area contributed by atoms with Crippen LogP contribution in [0.5, 0.6) is 0 Å². The van der Waals surface area contributed by atoms with Crippen molar-refractivity contribution in [2.45, 2.75) is 63.5 Å².